The molecule has 0 saturated carbocycles. The maximum absolute atomic E-state index is 12.5. The second kappa shape index (κ2) is 10.9. The molecule has 0 aliphatic carbocycles. The van der Waals surface area contributed by atoms with Gasteiger partial charge in [0.15, 0.2) is 0 Å². The Bertz CT molecular complexity index is 854. The number of carbonyl (C=O) groups is 1. The average Bonchev–Trinajstić information content (AvgIpc) is 2.71. The van der Waals surface area contributed by atoms with Crippen molar-refractivity contribution in [2.75, 3.05) is 0 Å². The summed E-state index contributed by atoms with van der Waals surface area (Å²) in [5.74, 6) is -0.399. The molecule has 0 aliphatic rings. The predicted molar refractivity (Wildman–Crippen MR) is 110 cm³/mol. The van der Waals surface area contributed by atoms with Crippen LogP contribution in [0.2, 0.25) is 0 Å². The number of nitro groups is 2. The molecule has 0 fully saturated rings. The van der Waals surface area contributed by atoms with Crippen LogP contribution in [0.25, 0.3) is 0 Å². The van der Waals surface area contributed by atoms with Crippen LogP contribution in [0.1, 0.15) is 50.7 Å². The van der Waals surface area contributed by atoms with Crippen molar-refractivity contribution >= 4 is 17.5 Å². The maximum atomic E-state index is 12.5. The molecule has 0 spiro atoms. The topological polar surface area (TPSA) is 122 Å². The highest BCUT2D eigenvalue weighted by Gasteiger charge is 2.26. The van der Waals surface area contributed by atoms with E-state index in [1.807, 2.05) is 13.8 Å². The molecule has 0 bridgehead atoms. The van der Waals surface area contributed by atoms with Gasteiger partial charge < -0.3 is 9.47 Å². The third kappa shape index (κ3) is 5.76. The standard InChI is InChI=1S/C21H24N2O7/c1-3-5-9-15-11-7-13-17(22(25)26)19(15)29-21(24)30-20-16(10-6-4-2)12-8-14-18(20)23(27)28/h7-8,11-14H,3-6,9-10H2,1-2H3. The summed E-state index contributed by atoms with van der Waals surface area (Å²) in [7, 11) is 0. The third-order valence-corrected chi connectivity index (χ3v) is 4.52. The normalized spacial score (nSPS) is 10.5. The maximum Gasteiger partial charge on any atom is 0.519 e. The Morgan fingerprint density at radius 3 is 1.53 bits per heavy atom. The second-order valence-corrected chi connectivity index (χ2v) is 6.71. The van der Waals surface area contributed by atoms with Crippen molar-refractivity contribution in [3.05, 3.63) is 67.8 Å². The van der Waals surface area contributed by atoms with Crippen molar-refractivity contribution in [1.82, 2.24) is 0 Å². The highest BCUT2D eigenvalue weighted by molar-refractivity contribution is 5.72. The van der Waals surface area contributed by atoms with Gasteiger partial charge in [0, 0.05) is 23.3 Å². The van der Waals surface area contributed by atoms with Gasteiger partial charge in [0.25, 0.3) is 0 Å². The van der Waals surface area contributed by atoms with Crippen LogP contribution in [0.3, 0.4) is 0 Å². The molecule has 30 heavy (non-hydrogen) atoms. The molecule has 0 N–H and O–H groups in total. The summed E-state index contributed by atoms with van der Waals surface area (Å²) in [4.78, 5) is 34.0. The highest BCUT2D eigenvalue weighted by atomic mass is 16.7. The minimum atomic E-state index is -1.26. The van der Waals surface area contributed by atoms with Crippen molar-refractivity contribution < 1.29 is 24.1 Å². The van der Waals surface area contributed by atoms with E-state index in [0.29, 0.717) is 24.0 Å². The molecule has 0 amide bonds. The number of nitrogens with zero attached hydrogens (tertiary/aromatic N) is 2. The fourth-order valence-electron chi connectivity index (χ4n) is 2.98. The van der Waals surface area contributed by atoms with Gasteiger partial charge in [-0.05, 0) is 25.7 Å². The molecule has 0 unspecified atom stereocenters. The smallest absolute Gasteiger partial charge is 0.387 e. The fourth-order valence-corrected chi connectivity index (χ4v) is 2.98. The van der Waals surface area contributed by atoms with Gasteiger partial charge in [0.05, 0.1) is 9.85 Å². The number of nitro benzene ring substituents is 2. The molecular formula is C21H24N2O7. The molecule has 9 nitrogen and oxygen atoms in total. The van der Waals surface area contributed by atoms with E-state index in [-0.39, 0.29) is 22.9 Å². The van der Waals surface area contributed by atoms with E-state index in [4.69, 9.17) is 9.47 Å². The van der Waals surface area contributed by atoms with Crippen LogP contribution in [0, 0.1) is 20.2 Å². The van der Waals surface area contributed by atoms with Gasteiger partial charge >= 0.3 is 17.5 Å². The van der Waals surface area contributed by atoms with Gasteiger partial charge in [-0.2, -0.15) is 0 Å². The first kappa shape index (κ1) is 22.8. The van der Waals surface area contributed by atoms with Gasteiger partial charge in [-0.25, -0.2) is 4.79 Å². The molecule has 0 radical (unpaired) electrons. The Morgan fingerprint density at radius 2 is 1.20 bits per heavy atom. The number of rotatable bonds is 10. The van der Waals surface area contributed by atoms with Gasteiger partial charge in [0.2, 0.25) is 11.5 Å². The molecule has 0 saturated heterocycles. The van der Waals surface area contributed by atoms with Crippen LogP contribution >= 0.6 is 0 Å². The third-order valence-electron chi connectivity index (χ3n) is 4.52. The second-order valence-electron chi connectivity index (χ2n) is 6.71. The van der Waals surface area contributed by atoms with E-state index in [1.165, 1.54) is 24.3 Å². The number of aryl methyl sites for hydroxylation is 2. The lowest BCUT2D eigenvalue weighted by atomic mass is 10.1. The lowest BCUT2D eigenvalue weighted by molar-refractivity contribution is -0.386. The van der Waals surface area contributed by atoms with Gasteiger partial charge in [0.1, 0.15) is 0 Å². The van der Waals surface area contributed by atoms with Crippen molar-refractivity contribution in [3.63, 3.8) is 0 Å². The van der Waals surface area contributed by atoms with E-state index >= 15 is 0 Å². The molecule has 0 heterocycles. The largest absolute Gasteiger partial charge is 0.519 e. The molecular weight excluding hydrogens is 392 g/mol. The first-order valence-electron chi connectivity index (χ1n) is 9.81. The lowest BCUT2D eigenvalue weighted by Gasteiger charge is -2.12. The molecule has 2 rings (SSSR count). The SMILES string of the molecule is CCCCc1cccc([N+](=O)[O-])c1OC(=O)Oc1c(CCCC)cccc1[N+](=O)[O-]. The Balaban J connectivity index is 2.36. The van der Waals surface area contributed by atoms with Crippen molar-refractivity contribution in [1.29, 1.82) is 0 Å². The molecule has 0 aliphatic heterocycles. The van der Waals surface area contributed by atoms with E-state index in [0.717, 1.165) is 25.7 Å². The average molecular weight is 416 g/mol. The van der Waals surface area contributed by atoms with Gasteiger partial charge in [-0.1, -0.05) is 51.0 Å². The Labute approximate surface area is 173 Å². The summed E-state index contributed by atoms with van der Waals surface area (Å²) >= 11 is 0. The van der Waals surface area contributed by atoms with Crippen LogP contribution in [0.5, 0.6) is 11.5 Å². The fraction of sp³-hybridized carbons (Fsp3) is 0.381. The summed E-state index contributed by atoms with van der Waals surface area (Å²) in [6, 6.07) is 8.79. The summed E-state index contributed by atoms with van der Waals surface area (Å²) < 4.78 is 10.4. The van der Waals surface area contributed by atoms with E-state index in [1.54, 1.807) is 12.1 Å². The van der Waals surface area contributed by atoms with Crippen LogP contribution in [0.4, 0.5) is 16.2 Å². The monoisotopic (exact) mass is 416 g/mol. The van der Waals surface area contributed by atoms with Gasteiger partial charge in [-0.3, -0.25) is 20.2 Å². The number of hydrogen-bond donors (Lipinski definition) is 0. The number of para-hydroxylation sites is 2. The van der Waals surface area contributed by atoms with Crippen LogP contribution in [-0.2, 0) is 12.8 Å². The zero-order chi connectivity index (χ0) is 22.1. The van der Waals surface area contributed by atoms with E-state index in [2.05, 4.69) is 0 Å². The van der Waals surface area contributed by atoms with Gasteiger partial charge in [-0.15, -0.1) is 0 Å². The van der Waals surface area contributed by atoms with Crippen molar-refractivity contribution in [2.45, 2.75) is 52.4 Å². The number of hydrogen-bond acceptors (Lipinski definition) is 7. The molecule has 2 aromatic carbocycles. The van der Waals surface area contributed by atoms with E-state index in [9.17, 15) is 25.0 Å². The first-order valence-corrected chi connectivity index (χ1v) is 9.81. The molecule has 9 heteroatoms. The Kier molecular flexibility index (Phi) is 8.28. The lowest BCUT2D eigenvalue weighted by Crippen LogP contribution is -2.17. The zero-order valence-electron chi connectivity index (χ0n) is 17.0. The van der Waals surface area contributed by atoms with Crippen LogP contribution in [0.15, 0.2) is 36.4 Å². The highest BCUT2D eigenvalue weighted by Crippen LogP contribution is 2.35. The zero-order valence-corrected chi connectivity index (χ0v) is 17.0. The Hall–Kier alpha value is -3.49. The van der Waals surface area contributed by atoms with Crippen LogP contribution in [-0.4, -0.2) is 16.0 Å². The minimum Gasteiger partial charge on any atom is -0.387 e. The molecule has 0 atom stereocenters. The van der Waals surface area contributed by atoms with Crippen molar-refractivity contribution in [3.8, 4) is 11.5 Å². The number of benzene rings is 2. The summed E-state index contributed by atoms with van der Waals surface area (Å²) in [6.07, 6.45) is 2.90. The number of carbonyl (C=O) groups excluding carboxylic acids is 1. The quantitative estimate of drug-likeness (QED) is 0.209. The summed E-state index contributed by atoms with van der Waals surface area (Å²) in [5, 5.41) is 22.8. The summed E-state index contributed by atoms with van der Waals surface area (Å²) in [5.41, 5.74) is 0.261. The minimum absolute atomic E-state index is 0.199. The summed E-state index contributed by atoms with van der Waals surface area (Å²) in [6.45, 7) is 3.94. The molecule has 160 valence electrons. The molecule has 2 aromatic rings. The van der Waals surface area contributed by atoms with Crippen molar-refractivity contribution in [2.24, 2.45) is 0 Å². The Morgan fingerprint density at radius 1 is 0.800 bits per heavy atom. The van der Waals surface area contributed by atoms with Crippen LogP contribution < -0.4 is 9.47 Å². The molecule has 0 aromatic heterocycles. The predicted octanol–water partition coefficient (Wildman–Crippen LogP) is 5.77. The number of unbranched alkanes of at least 4 members (excludes halogenated alkanes) is 2. The number of ether oxygens (including phenoxy) is 2. The van der Waals surface area contributed by atoms with E-state index < -0.39 is 16.0 Å². The first-order chi connectivity index (χ1) is 14.4.